The number of halogens is 1. The maximum absolute atomic E-state index is 14.0. The fraction of sp³-hybridized carbons (Fsp3) is 0.250. The summed E-state index contributed by atoms with van der Waals surface area (Å²) in [6.45, 7) is 7.31. The van der Waals surface area contributed by atoms with Crippen LogP contribution in [0.4, 0.5) is 4.39 Å². The van der Waals surface area contributed by atoms with Gasteiger partial charge in [-0.2, -0.15) is 0 Å². The molecule has 2 aromatic carbocycles. The van der Waals surface area contributed by atoms with Crippen LogP contribution in [-0.4, -0.2) is 27.4 Å². The van der Waals surface area contributed by atoms with E-state index in [0.29, 0.717) is 5.56 Å². The lowest BCUT2D eigenvalue weighted by atomic mass is 9.84. The van der Waals surface area contributed by atoms with Crippen LogP contribution in [0.15, 0.2) is 66.1 Å². The standard InChI is InChI=1S/C20H23FN2O3S/c1-4-12-22-19(24)15-8-7-9-16(13-15)27(25,26)23-14-20(2,3)17-10-5-6-11-18(17)21/h4-11,13,23H,1,12,14H2,2-3H3,(H,22,24). The van der Waals surface area contributed by atoms with Crippen molar-refractivity contribution in [2.45, 2.75) is 24.2 Å². The minimum atomic E-state index is -3.86. The van der Waals surface area contributed by atoms with Crippen LogP contribution in [0.25, 0.3) is 0 Å². The number of hydrogen-bond acceptors (Lipinski definition) is 3. The maximum atomic E-state index is 14.0. The zero-order valence-electron chi connectivity index (χ0n) is 15.3. The molecule has 2 aromatic rings. The van der Waals surface area contributed by atoms with Crippen molar-refractivity contribution in [1.82, 2.24) is 10.0 Å². The highest BCUT2D eigenvalue weighted by Gasteiger charge is 2.27. The second-order valence-electron chi connectivity index (χ2n) is 6.71. The molecule has 0 aromatic heterocycles. The minimum Gasteiger partial charge on any atom is -0.349 e. The highest BCUT2D eigenvalue weighted by atomic mass is 32.2. The van der Waals surface area contributed by atoms with Gasteiger partial charge in [-0.1, -0.05) is 44.2 Å². The Morgan fingerprint density at radius 2 is 1.89 bits per heavy atom. The van der Waals surface area contributed by atoms with E-state index in [1.165, 1.54) is 36.4 Å². The summed E-state index contributed by atoms with van der Waals surface area (Å²) in [5.74, 6) is -0.777. The number of rotatable bonds is 8. The largest absolute Gasteiger partial charge is 0.349 e. The average molecular weight is 390 g/mol. The normalized spacial score (nSPS) is 11.8. The first-order chi connectivity index (χ1) is 12.7. The number of nitrogens with one attached hydrogen (secondary N) is 2. The smallest absolute Gasteiger partial charge is 0.251 e. The number of benzene rings is 2. The Bertz CT molecular complexity index is 940. The molecule has 0 heterocycles. The Hall–Kier alpha value is -2.51. The van der Waals surface area contributed by atoms with Gasteiger partial charge in [-0.15, -0.1) is 6.58 Å². The predicted octanol–water partition coefficient (Wildman–Crippen LogP) is 3.00. The van der Waals surface area contributed by atoms with Gasteiger partial charge in [-0.25, -0.2) is 17.5 Å². The molecule has 0 saturated heterocycles. The van der Waals surface area contributed by atoms with Crippen molar-refractivity contribution >= 4 is 15.9 Å². The Balaban J connectivity index is 2.18. The van der Waals surface area contributed by atoms with Gasteiger partial charge in [0.2, 0.25) is 10.0 Å². The first-order valence-electron chi connectivity index (χ1n) is 8.41. The van der Waals surface area contributed by atoms with Gasteiger partial charge in [-0.3, -0.25) is 4.79 Å². The van der Waals surface area contributed by atoms with Crippen molar-refractivity contribution in [3.05, 3.63) is 78.1 Å². The van der Waals surface area contributed by atoms with Crippen LogP contribution in [0.5, 0.6) is 0 Å². The highest BCUT2D eigenvalue weighted by Crippen LogP contribution is 2.25. The third-order valence-corrected chi connectivity index (χ3v) is 5.52. The first kappa shape index (κ1) is 20.8. The zero-order chi connectivity index (χ0) is 20.1. The molecule has 0 atom stereocenters. The summed E-state index contributed by atoms with van der Waals surface area (Å²) in [7, 11) is -3.86. The van der Waals surface area contributed by atoms with Crippen LogP contribution in [0.3, 0.4) is 0 Å². The van der Waals surface area contributed by atoms with Crippen LogP contribution in [0.2, 0.25) is 0 Å². The minimum absolute atomic E-state index is 0.00313. The van der Waals surface area contributed by atoms with Crippen molar-refractivity contribution < 1.29 is 17.6 Å². The summed E-state index contributed by atoms with van der Waals surface area (Å²) in [5, 5.41) is 2.60. The summed E-state index contributed by atoms with van der Waals surface area (Å²) in [5.41, 5.74) is -0.101. The van der Waals surface area contributed by atoms with E-state index in [2.05, 4.69) is 16.6 Å². The molecule has 27 heavy (non-hydrogen) atoms. The van der Waals surface area contributed by atoms with Crippen molar-refractivity contribution in [1.29, 1.82) is 0 Å². The molecule has 0 saturated carbocycles. The quantitative estimate of drug-likeness (QED) is 0.681. The second kappa shape index (κ2) is 8.45. The zero-order valence-corrected chi connectivity index (χ0v) is 16.1. The fourth-order valence-electron chi connectivity index (χ4n) is 2.54. The van der Waals surface area contributed by atoms with Crippen molar-refractivity contribution in [3.8, 4) is 0 Å². The average Bonchev–Trinajstić information content (AvgIpc) is 2.65. The van der Waals surface area contributed by atoms with Gasteiger partial charge in [0.05, 0.1) is 4.90 Å². The first-order valence-corrected chi connectivity index (χ1v) is 9.89. The van der Waals surface area contributed by atoms with E-state index in [0.717, 1.165) is 0 Å². The van der Waals surface area contributed by atoms with E-state index in [1.54, 1.807) is 32.0 Å². The van der Waals surface area contributed by atoms with E-state index < -0.39 is 21.3 Å². The molecular weight excluding hydrogens is 367 g/mol. The molecule has 0 unspecified atom stereocenters. The van der Waals surface area contributed by atoms with Gasteiger partial charge < -0.3 is 5.32 Å². The Morgan fingerprint density at radius 1 is 1.19 bits per heavy atom. The van der Waals surface area contributed by atoms with Crippen LogP contribution in [0.1, 0.15) is 29.8 Å². The van der Waals surface area contributed by atoms with Crippen molar-refractivity contribution in [3.63, 3.8) is 0 Å². The van der Waals surface area contributed by atoms with Crippen LogP contribution in [-0.2, 0) is 15.4 Å². The summed E-state index contributed by atoms with van der Waals surface area (Å²) < 4.78 is 41.8. The number of sulfonamides is 1. The van der Waals surface area contributed by atoms with Crippen LogP contribution >= 0.6 is 0 Å². The SMILES string of the molecule is C=CCNC(=O)c1cccc(S(=O)(=O)NCC(C)(C)c2ccccc2F)c1. The molecule has 0 bridgehead atoms. The molecule has 1 amide bonds. The highest BCUT2D eigenvalue weighted by molar-refractivity contribution is 7.89. The topological polar surface area (TPSA) is 75.3 Å². The van der Waals surface area contributed by atoms with Gasteiger partial charge in [0.1, 0.15) is 5.82 Å². The predicted molar refractivity (Wildman–Crippen MR) is 104 cm³/mol. The summed E-state index contributed by atoms with van der Waals surface area (Å²) in [6.07, 6.45) is 1.53. The molecule has 0 radical (unpaired) electrons. The molecule has 0 aliphatic carbocycles. The van der Waals surface area contributed by atoms with Crippen molar-refractivity contribution in [2.75, 3.05) is 13.1 Å². The summed E-state index contributed by atoms with van der Waals surface area (Å²) >= 11 is 0. The Kier molecular flexibility index (Phi) is 6.51. The molecule has 0 spiro atoms. The molecule has 0 fully saturated rings. The van der Waals surface area contributed by atoms with E-state index in [4.69, 9.17) is 0 Å². The molecule has 144 valence electrons. The van der Waals surface area contributed by atoms with E-state index >= 15 is 0 Å². The van der Waals surface area contributed by atoms with Gasteiger partial charge in [-0.05, 0) is 29.8 Å². The van der Waals surface area contributed by atoms with Crippen LogP contribution in [0, 0.1) is 5.82 Å². The molecule has 2 rings (SSSR count). The monoisotopic (exact) mass is 390 g/mol. The summed E-state index contributed by atoms with van der Waals surface area (Å²) in [6, 6.07) is 12.0. The number of amides is 1. The lowest BCUT2D eigenvalue weighted by molar-refractivity contribution is 0.0958. The Labute approximate surface area is 159 Å². The third-order valence-electron chi connectivity index (χ3n) is 4.12. The summed E-state index contributed by atoms with van der Waals surface area (Å²) in [4.78, 5) is 12.0. The molecule has 5 nitrogen and oxygen atoms in total. The molecule has 2 N–H and O–H groups in total. The second-order valence-corrected chi connectivity index (χ2v) is 8.48. The molecule has 0 aliphatic rings. The number of carbonyl (C=O) groups is 1. The Morgan fingerprint density at radius 3 is 2.56 bits per heavy atom. The molecule has 7 heteroatoms. The number of hydrogen-bond donors (Lipinski definition) is 2. The van der Waals surface area contributed by atoms with Crippen molar-refractivity contribution in [2.24, 2.45) is 0 Å². The number of carbonyl (C=O) groups excluding carboxylic acids is 1. The van der Waals surface area contributed by atoms with Crippen LogP contribution < -0.4 is 10.0 Å². The van der Waals surface area contributed by atoms with E-state index in [9.17, 15) is 17.6 Å². The van der Waals surface area contributed by atoms with E-state index in [-0.39, 0.29) is 29.4 Å². The van der Waals surface area contributed by atoms with Gasteiger partial charge in [0.15, 0.2) is 0 Å². The molecule has 0 aliphatic heterocycles. The maximum Gasteiger partial charge on any atom is 0.251 e. The van der Waals surface area contributed by atoms with E-state index in [1.807, 2.05) is 0 Å². The van der Waals surface area contributed by atoms with Gasteiger partial charge in [0, 0.05) is 24.1 Å². The third kappa shape index (κ3) is 5.24. The lowest BCUT2D eigenvalue weighted by Crippen LogP contribution is -2.37. The fourth-order valence-corrected chi connectivity index (χ4v) is 3.79. The molecular formula is C20H23FN2O3S. The lowest BCUT2D eigenvalue weighted by Gasteiger charge is -2.26. The van der Waals surface area contributed by atoms with Gasteiger partial charge in [0.25, 0.3) is 5.91 Å². The van der Waals surface area contributed by atoms with Gasteiger partial charge >= 0.3 is 0 Å².